The van der Waals surface area contributed by atoms with Crippen molar-refractivity contribution in [3.63, 3.8) is 0 Å². The summed E-state index contributed by atoms with van der Waals surface area (Å²) in [6.45, 7) is 4.41. The lowest BCUT2D eigenvalue weighted by molar-refractivity contribution is -0.122. The van der Waals surface area contributed by atoms with Gasteiger partial charge in [-0.15, -0.1) is 0 Å². The van der Waals surface area contributed by atoms with Gasteiger partial charge in [0, 0.05) is 19.3 Å². The van der Waals surface area contributed by atoms with Gasteiger partial charge in [0.2, 0.25) is 5.91 Å². The van der Waals surface area contributed by atoms with Gasteiger partial charge >= 0.3 is 0 Å². The van der Waals surface area contributed by atoms with Crippen LogP contribution in [0.2, 0.25) is 0 Å². The van der Waals surface area contributed by atoms with Crippen LogP contribution in [0.4, 0.5) is 5.69 Å². The van der Waals surface area contributed by atoms with Crippen LogP contribution in [0.15, 0.2) is 24.3 Å². The number of hydrogen-bond donors (Lipinski definition) is 2. The minimum Gasteiger partial charge on any atom is -0.375 e. The Morgan fingerprint density at radius 1 is 1.35 bits per heavy atom. The monoisotopic (exact) mass is 235 g/mol. The predicted octanol–water partition coefficient (Wildman–Crippen LogP) is 1.02. The predicted molar refractivity (Wildman–Crippen MR) is 70.9 cm³/mol. The van der Waals surface area contributed by atoms with E-state index < -0.39 is 11.4 Å². The summed E-state index contributed by atoms with van der Waals surface area (Å²) in [6, 6.07) is 8.21. The summed E-state index contributed by atoms with van der Waals surface area (Å²) in [4.78, 5) is 13.2. The zero-order valence-corrected chi connectivity index (χ0v) is 10.7. The third-order valence-corrected chi connectivity index (χ3v) is 3.00. The van der Waals surface area contributed by atoms with Crippen LogP contribution in [0.3, 0.4) is 0 Å². The molecule has 1 atom stereocenters. The molecule has 0 bridgehead atoms. The third-order valence-electron chi connectivity index (χ3n) is 3.00. The number of amides is 1. The first-order chi connectivity index (χ1) is 7.83. The van der Waals surface area contributed by atoms with Crippen LogP contribution in [-0.2, 0) is 4.79 Å². The number of hydrogen-bond acceptors (Lipinski definition) is 3. The van der Waals surface area contributed by atoms with Crippen molar-refractivity contribution in [3.05, 3.63) is 29.8 Å². The Labute approximate surface area is 103 Å². The smallest absolute Gasteiger partial charge is 0.237 e. The lowest BCUT2D eigenvalue weighted by Crippen LogP contribution is -2.51. The quantitative estimate of drug-likeness (QED) is 0.800. The number of carbonyl (C=O) groups excluding carboxylic acids is 1. The van der Waals surface area contributed by atoms with E-state index in [0.29, 0.717) is 13.0 Å². The Morgan fingerprint density at radius 3 is 2.35 bits per heavy atom. The molecule has 0 heterocycles. The van der Waals surface area contributed by atoms with Gasteiger partial charge in [-0.25, -0.2) is 0 Å². The summed E-state index contributed by atoms with van der Waals surface area (Å²) in [7, 11) is 1.97. The first kappa shape index (κ1) is 13.5. The van der Waals surface area contributed by atoms with Crippen LogP contribution in [0.25, 0.3) is 0 Å². The summed E-state index contributed by atoms with van der Waals surface area (Å²) in [6.07, 6.45) is 0.534. The summed E-state index contributed by atoms with van der Waals surface area (Å²) < 4.78 is 0. The molecule has 0 saturated heterocycles. The first-order valence-corrected chi connectivity index (χ1v) is 5.69. The van der Waals surface area contributed by atoms with E-state index >= 15 is 0 Å². The van der Waals surface area contributed by atoms with Crippen LogP contribution in [-0.4, -0.2) is 25.0 Å². The van der Waals surface area contributed by atoms with Crippen LogP contribution >= 0.6 is 0 Å². The van der Waals surface area contributed by atoms with Gasteiger partial charge in [0.25, 0.3) is 0 Å². The van der Waals surface area contributed by atoms with Crippen LogP contribution in [0, 0.1) is 6.92 Å². The Morgan fingerprint density at radius 2 is 1.88 bits per heavy atom. The second-order valence-electron chi connectivity index (χ2n) is 4.79. The van der Waals surface area contributed by atoms with Crippen molar-refractivity contribution in [1.82, 2.24) is 0 Å². The van der Waals surface area contributed by atoms with E-state index in [4.69, 9.17) is 11.5 Å². The highest BCUT2D eigenvalue weighted by Gasteiger charge is 2.25. The first-order valence-electron chi connectivity index (χ1n) is 5.69. The molecule has 0 radical (unpaired) electrons. The molecule has 1 unspecified atom stereocenters. The molecule has 17 heavy (non-hydrogen) atoms. The molecule has 0 saturated carbocycles. The summed E-state index contributed by atoms with van der Waals surface area (Å²) in [5.74, 6) is -0.463. The number of anilines is 1. The van der Waals surface area contributed by atoms with Crippen LogP contribution < -0.4 is 16.4 Å². The van der Waals surface area contributed by atoms with E-state index in [2.05, 4.69) is 17.0 Å². The minimum atomic E-state index is -0.945. The number of rotatable bonds is 5. The van der Waals surface area contributed by atoms with E-state index in [1.807, 2.05) is 26.1 Å². The topological polar surface area (TPSA) is 72.3 Å². The molecule has 4 N–H and O–H groups in total. The van der Waals surface area contributed by atoms with E-state index in [1.54, 1.807) is 6.92 Å². The molecule has 1 rings (SSSR count). The fourth-order valence-electron chi connectivity index (χ4n) is 1.45. The molecule has 0 aliphatic carbocycles. The minimum absolute atomic E-state index is 0.463. The molecular formula is C13H21N3O. The van der Waals surface area contributed by atoms with Gasteiger partial charge in [-0.3, -0.25) is 4.79 Å². The number of aryl methyl sites for hydroxylation is 1. The lowest BCUT2D eigenvalue weighted by atomic mass is 9.98. The van der Waals surface area contributed by atoms with E-state index in [9.17, 15) is 4.79 Å². The van der Waals surface area contributed by atoms with Gasteiger partial charge in [-0.05, 0) is 32.4 Å². The molecule has 0 fully saturated rings. The van der Waals surface area contributed by atoms with Crippen molar-refractivity contribution in [1.29, 1.82) is 0 Å². The average molecular weight is 235 g/mol. The van der Waals surface area contributed by atoms with Gasteiger partial charge in [-0.1, -0.05) is 17.7 Å². The van der Waals surface area contributed by atoms with Gasteiger partial charge in [0.1, 0.15) is 0 Å². The maximum atomic E-state index is 11.1. The highest BCUT2D eigenvalue weighted by atomic mass is 16.1. The number of carbonyl (C=O) groups is 1. The van der Waals surface area contributed by atoms with E-state index in [1.165, 1.54) is 5.56 Å². The standard InChI is InChI=1S/C13H21N3O/c1-10-4-6-11(7-5-10)16(3)9-8-13(2,15)12(14)17/h4-7H,8-9,15H2,1-3H3,(H2,14,17). The van der Waals surface area contributed by atoms with Crippen molar-refractivity contribution >= 4 is 11.6 Å². The van der Waals surface area contributed by atoms with E-state index in [0.717, 1.165) is 5.69 Å². The maximum Gasteiger partial charge on any atom is 0.237 e. The lowest BCUT2D eigenvalue weighted by Gasteiger charge is -2.25. The molecule has 1 aromatic carbocycles. The highest BCUT2D eigenvalue weighted by Crippen LogP contribution is 2.15. The van der Waals surface area contributed by atoms with E-state index in [-0.39, 0.29) is 0 Å². The van der Waals surface area contributed by atoms with Gasteiger partial charge in [-0.2, -0.15) is 0 Å². The molecule has 0 spiro atoms. The van der Waals surface area contributed by atoms with Crippen molar-refractivity contribution in [2.75, 3.05) is 18.5 Å². The SMILES string of the molecule is Cc1ccc(N(C)CCC(C)(N)C(N)=O)cc1. The fourth-order valence-corrected chi connectivity index (χ4v) is 1.45. The molecule has 1 aromatic rings. The molecular weight excluding hydrogens is 214 g/mol. The Kier molecular flexibility index (Phi) is 4.12. The molecule has 94 valence electrons. The van der Waals surface area contributed by atoms with Crippen molar-refractivity contribution in [2.24, 2.45) is 11.5 Å². The number of nitrogens with two attached hydrogens (primary N) is 2. The fraction of sp³-hybridized carbons (Fsp3) is 0.462. The number of benzene rings is 1. The van der Waals surface area contributed by atoms with Crippen molar-refractivity contribution < 1.29 is 4.79 Å². The van der Waals surface area contributed by atoms with Gasteiger partial charge < -0.3 is 16.4 Å². The molecule has 0 aliphatic heterocycles. The Bertz CT molecular complexity index is 384. The number of primary amides is 1. The Hall–Kier alpha value is -1.55. The number of nitrogens with zero attached hydrogens (tertiary/aromatic N) is 1. The maximum absolute atomic E-state index is 11.1. The highest BCUT2D eigenvalue weighted by molar-refractivity contribution is 5.83. The molecule has 4 nitrogen and oxygen atoms in total. The zero-order chi connectivity index (χ0) is 13.1. The molecule has 1 amide bonds. The second kappa shape index (κ2) is 5.19. The van der Waals surface area contributed by atoms with Crippen LogP contribution in [0.5, 0.6) is 0 Å². The van der Waals surface area contributed by atoms with Crippen LogP contribution in [0.1, 0.15) is 18.9 Å². The molecule has 0 aromatic heterocycles. The third kappa shape index (κ3) is 3.75. The molecule has 0 aliphatic rings. The normalized spacial score (nSPS) is 14.1. The summed E-state index contributed by atoms with van der Waals surface area (Å²) in [5.41, 5.74) is 12.4. The average Bonchev–Trinajstić information content (AvgIpc) is 2.27. The Balaban J connectivity index is 2.58. The zero-order valence-electron chi connectivity index (χ0n) is 10.7. The largest absolute Gasteiger partial charge is 0.375 e. The molecule has 4 heteroatoms. The van der Waals surface area contributed by atoms with Gasteiger partial charge in [0.15, 0.2) is 0 Å². The summed E-state index contributed by atoms with van der Waals surface area (Å²) in [5, 5.41) is 0. The summed E-state index contributed by atoms with van der Waals surface area (Å²) >= 11 is 0. The van der Waals surface area contributed by atoms with Gasteiger partial charge in [0.05, 0.1) is 5.54 Å². The second-order valence-corrected chi connectivity index (χ2v) is 4.79. The van der Waals surface area contributed by atoms with Crippen molar-refractivity contribution in [3.8, 4) is 0 Å². The van der Waals surface area contributed by atoms with Crippen molar-refractivity contribution in [2.45, 2.75) is 25.8 Å².